The highest BCUT2D eigenvalue weighted by Gasteiger charge is 2.23. The van der Waals surface area contributed by atoms with Gasteiger partial charge in [-0.25, -0.2) is 8.42 Å². The topological polar surface area (TPSA) is 66.5 Å². The summed E-state index contributed by atoms with van der Waals surface area (Å²) in [6.07, 6.45) is 3.95. The Labute approximate surface area is 181 Å². The lowest BCUT2D eigenvalue weighted by Gasteiger charge is -2.22. The van der Waals surface area contributed by atoms with Gasteiger partial charge >= 0.3 is 0 Å². The second kappa shape index (κ2) is 11.9. The lowest BCUT2D eigenvalue weighted by Crippen LogP contribution is -2.33. The molecule has 0 aliphatic heterocycles. The molecule has 0 fully saturated rings. The number of hydrogen-bond acceptors (Lipinski definition) is 3. The number of unbranched alkanes of at least 4 members (excludes halogenated alkanes) is 2. The molecule has 1 atom stereocenters. The van der Waals surface area contributed by atoms with E-state index < -0.39 is 10.0 Å². The molecule has 1 amide bonds. The van der Waals surface area contributed by atoms with Crippen LogP contribution in [-0.4, -0.2) is 31.7 Å². The number of anilines is 1. The largest absolute Gasteiger partial charge is 0.326 e. The molecule has 0 radical (unpaired) electrons. The lowest BCUT2D eigenvalue weighted by molar-refractivity contribution is -0.116. The minimum Gasteiger partial charge on any atom is -0.326 e. The fraction of sp³-hybridized carbons (Fsp3) is 0.458. The van der Waals surface area contributed by atoms with Gasteiger partial charge in [-0.3, -0.25) is 4.79 Å². The van der Waals surface area contributed by atoms with E-state index >= 15 is 0 Å². The van der Waals surface area contributed by atoms with Crippen molar-refractivity contribution < 1.29 is 13.2 Å². The molecule has 0 aromatic heterocycles. The van der Waals surface area contributed by atoms with Crippen LogP contribution >= 0.6 is 0 Å². The van der Waals surface area contributed by atoms with Crippen LogP contribution < -0.4 is 5.32 Å². The van der Waals surface area contributed by atoms with Crippen molar-refractivity contribution in [2.45, 2.75) is 63.7 Å². The third kappa shape index (κ3) is 6.96. The van der Waals surface area contributed by atoms with Gasteiger partial charge in [0.1, 0.15) is 0 Å². The van der Waals surface area contributed by atoms with E-state index in [9.17, 15) is 13.2 Å². The Kier molecular flexibility index (Phi) is 9.53. The van der Waals surface area contributed by atoms with Gasteiger partial charge in [0.2, 0.25) is 15.9 Å². The summed E-state index contributed by atoms with van der Waals surface area (Å²) in [7, 11) is -3.53. The third-order valence-corrected chi connectivity index (χ3v) is 7.07. The summed E-state index contributed by atoms with van der Waals surface area (Å²) in [6, 6.07) is 16.4. The Balaban J connectivity index is 2.02. The van der Waals surface area contributed by atoms with Crippen molar-refractivity contribution in [1.82, 2.24) is 4.31 Å². The van der Waals surface area contributed by atoms with Crippen LogP contribution in [0.2, 0.25) is 0 Å². The summed E-state index contributed by atoms with van der Waals surface area (Å²) >= 11 is 0. The molecule has 30 heavy (non-hydrogen) atoms. The number of amides is 1. The molecule has 2 aromatic rings. The number of sulfonamides is 1. The van der Waals surface area contributed by atoms with Crippen LogP contribution in [-0.2, 0) is 14.8 Å². The van der Waals surface area contributed by atoms with Crippen LogP contribution in [0.5, 0.6) is 0 Å². The summed E-state index contributed by atoms with van der Waals surface area (Å²) < 4.78 is 27.6. The van der Waals surface area contributed by atoms with Crippen molar-refractivity contribution in [3.63, 3.8) is 0 Å². The molecule has 0 aliphatic carbocycles. The highest BCUT2D eigenvalue weighted by molar-refractivity contribution is 7.89. The molecule has 2 rings (SSSR count). The molecule has 164 valence electrons. The molecule has 6 heteroatoms. The summed E-state index contributed by atoms with van der Waals surface area (Å²) in [5, 5.41) is 2.87. The number of hydrogen-bond donors (Lipinski definition) is 1. The van der Waals surface area contributed by atoms with Gasteiger partial charge < -0.3 is 5.32 Å². The second-order valence-corrected chi connectivity index (χ2v) is 9.64. The molecule has 1 N–H and O–H groups in total. The molecule has 0 heterocycles. The van der Waals surface area contributed by atoms with Crippen molar-refractivity contribution in [2.75, 3.05) is 18.4 Å². The molecule has 5 nitrogen and oxygen atoms in total. The molecule has 0 saturated heterocycles. The summed E-state index contributed by atoms with van der Waals surface area (Å²) in [6.45, 7) is 7.21. The minimum atomic E-state index is -3.53. The Morgan fingerprint density at radius 3 is 2.03 bits per heavy atom. The fourth-order valence-electron chi connectivity index (χ4n) is 3.27. The smallest absolute Gasteiger partial charge is 0.243 e. The first-order valence-electron chi connectivity index (χ1n) is 10.8. The lowest BCUT2D eigenvalue weighted by atomic mass is 9.97. The second-order valence-electron chi connectivity index (χ2n) is 7.70. The predicted octanol–water partition coefficient (Wildman–Crippen LogP) is 5.41. The van der Waals surface area contributed by atoms with Gasteiger partial charge in [0.25, 0.3) is 0 Å². The molecule has 0 spiro atoms. The van der Waals surface area contributed by atoms with Crippen LogP contribution in [0.3, 0.4) is 0 Å². The maximum atomic E-state index is 13.0. The molecule has 0 saturated carbocycles. The fourth-order valence-corrected chi connectivity index (χ4v) is 4.79. The Bertz CT molecular complexity index is 872. The first kappa shape index (κ1) is 24.1. The predicted molar refractivity (Wildman–Crippen MR) is 123 cm³/mol. The number of rotatable bonds is 12. The highest BCUT2D eigenvalue weighted by atomic mass is 32.2. The van der Waals surface area contributed by atoms with E-state index in [0.29, 0.717) is 25.2 Å². The van der Waals surface area contributed by atoms with Crippen molar-refractivity contribution >= 4 is 21.6 Å². The summed E-state index contributed by atoms with van der Waals surface area (Å²) in [5.41, 5.74) is 1.72. The van der Waals surface area contributed by atoms with E-state index in [1.807, 2.05) is 37.3 Å². The first-order chi connectivity index (χ1) is 14.4. The zero-order valence-corrected chi connectivity index (χ0v) is 19.1. The van der Waals surface area contributed by atoms with Crippen LogP contribution in [0.1, 0.15) is 64.4 Å². The van der Waals surface area contributed by atoms with Crippen LogP contribution in [0.15, 0.2) is 59.5 Å². The molecule has 0 aliphatic rings. The number of carbonyl (C=O) groups excluding carboxylic acids is 1. The van der Waals surface area contributed by atoms with Gasteiger partial charge in [0, 0.05) is 25.2 Å². The van der Waals surface area contributed by atoms with E-state index in [4.69, 9.17) is 0 Å². The molecule has 1 unspecified atom stereocenters. The van der Waals surface area contributed by atoms with Crippen LogP contribution in [0.4, 0.5) is 5.69 Å². The van der Waals surface area contributed by atoms with Crippen molar-refractivity contribution in [3.05, 3.63) is 60.2 Å². The van der Waals surface area contributed by atoms with Gasteiger partial charge in [-0.15, -0.1) is 0 Å². The Morgan fingerprint density at radius 2 is 1.50 bits per heavy atom. The Morgan fingerprint density at radius 1 is 0.933 bits per heavy atom. The molecular weight excluding hydrogens is 396 g/mol. The zero-order chi connectivity index (χ0) is 22.0. The van der Waals surface area contributed by atoms with E-state index in [1.165, 1.54) is 0 Å². The van der Waals surface area contributed by atoms with Gasteiger partial charge in [-0.2, -0.15) is 4.31 Å². The SMILES string of the molecule is CCCCN(CCCC)S(=O)(=O)c1ccc(NC(=O)CC(C)c2ccccc2)cc1. The average Bonchev–Trinajstić information content (AvgIpc) is 2.74. The van der Waals surface area contributed by atoms with Gasteiger partial charge in [0.05, 0.1) is 4.90 Å². The standard InChI is InChI=1S/C24H34N2O3S/c1-4-6-17-26(18-7-5-2)30(28,29)23-15-13-22(14-16-23)25-24(27)19-20(3)21-11-9-8-10-12-21/h8-16,20H,4-7,17-19H2,1-3H3,(H,25,27). The number of nitrogens with zero attached hydrogens (tertiary/aromatic N) is 1. The van der Waals surface area contributed by atoms with Crippen molar-refractivity contribution in [1.29, 1.82) is 0 Å². The van der Waals surface area contributed by atoms with Crippen molar-refractivity contribution in [3.8, 4) is 0 Å². The maximum Gasteiger partial charge on any atom is 0.243 e. The van der Waals surface area contributed by atoms with E-state index in [2.05, 4.69) is 19.2 Å². The maximum absolute atomic E-state index is 13.0. The third-order valence-electron chi connectivity index (χ3n) is 5.16. The zero-order valence-electron chi connectivity index (χ0n) is 18.3. The summed E-state index contributed by atoms with van der Waals surface area (Å²) in [5.74, 6) is 0.0195. The molecule has 0 bridgehead atoms. The molecular formula is C24H34N2O3S. The first-order valence-corrected chi connectivity index (χ1v) is 12.3. The average molecular weight is 431 g/mol. The normalized spacial score (nSPS) is 12.7. The number of benzene rings is 2. The van der Waals surface area contributed by atoms with Crippen molar-refractivity contribution in [2.24, 2.45) is 0 Å². The monoisotopic (exact) mass is 430 g/mol. The van der Waals surface area contributed by atoms with Crippen LogP contribution in [0.25, 0.3) is 0 Å². The van der Waals surface area contributed by atoms with E-state index in [0.717, 1.165) is 31.2 Å². The van der Waals surface area contributed by atoms with Gasteiger partial charge in [-0.1, -0.05) is 63.9 Å². The van der Waals surface area contributed by atoms with E-state index in [-0.39, 0.29) is 16.7 Å². The molecule has 2 aromatic carbocycles. The van der Waals surface area contributed by atoms with E-state index in [1.54, 1.807) is 28.6 Å². The van der Waals surface area contributed by atoms with Crippen LogP contribution in [0, 0.1) is 0 Å². The van der Waals surface area contributed by atoms with Gasteiger partial charge in [0.15, 0.2) is 0 Å². The Hall–Kier alpha value is -2.18. The number of carbonyl (C=O) groups is 1. The highest BCUT2D eigenvalue weighted by Crippen LogP contribution is 2.22. The number of nitrogens with one attached hydrogen (secondary N) is 1. The minimum absolute atomic E-state index is 0.0884. The quantitative estimate of drug-likeness (QED) is 0.490. The van der Waals surface area contributed by atoms with Gasteiger partial charge in [-0.05, 0) is 48.6 Å². The summed E-state index contributed by atoms with van der Waals surface area (Å²) in [4.78, 5) is 12.7.